The highest BCUT2D eigenvalue weighted by molar-refractivity contribution is 7.19. The number of benzene rings is 7. The van der Waals surface area contributed by atoms with E-state index >= 15 is 0 Å². The van der Waals surface area contributed by atoms with Crippen LogP contribution < -0.4 is 20.7 Å². The van der Waals surface area contributed by atoms with Crippen LogP contribution in [0.25, 0.3) is 55.8 Å². The number of para-hydroxylation sites is 1. The lowest BCUT2D eigenvalue weighted by Crippen LogP contribution is -2.74. The molecule has 0 atom stereocenters. The van der Waals surface area contributed by atoms with E-state index in [0.29, 0.717) is 11.6 Å². The average Bonchev–Trinajstić information content (AvgIpc) is 3.57. The van der Waals surface area contributed by atoms with Crippen LogP contribution in [-0.2, 0) is 0 Å². The first-order valence-electron chi connectivity index (χ1n) is 16.9. The number of hydrogen-bond acceptors (Lipinski definition) is 4. The molecule has 0 saturated heterocycles. The van der Waals surface area contributed by atoms with E-state index in [2.05, 4.69) is 149 Å². The molecule has 0 radical (unpaired) electrons. The average molecular weight is 692 g/mol. The first-order valence-corrected chi connectivity index (χ1v) is 19.3. The molecule has 0 saturated carbocycles. The van der Waals surface area contributed by atoms with Crippen LogP contribution in [0, 0.1) is 0 Å². The highest BCUT2D eigenvalue weighted by atomic mass is 35.5. The van der Waals surface area contributed by atoms with Crippen molar-refractivity contribution in [1.82, 2.24) is 15.0 Å². The molecule has 2 heterocycles. The molecule has 242 valence electrons. The van der Waals surface area contributed by atoms with Gasteiger partial charge >= 0.3 is 0 Å². The van der Waals surface area contributed by atoms with Gasteiger partial charge in [-0.3, -0.25) is 0 Å². The fraction of sp³-hybridized carbons (Fsp3) is 0. The van der Waals surface area contributed by atoms with Crippen LogP contribution in [0.5, 0.6) is 0 Å². The summed E-state index contributed by atoms with van der Waals surface area (Å²) < 4.78 is 6.11. The summed E-state index contributed by atoms with van der Waals surface area (Å²) in [5, 5.41) is 7.40. The zero-order valence-corrected chi connectivity index (χ0v) is 29.2. The Morgan fingerprint density at radius 2 is 0.941 bits per heavy atom. The van der Waals surface area contributed by atoms with Crippen LogP contribution in [0.2, 0.25) is 5.28 Å². The molecule has 0 spiro atoms. The topological polar surface area (TPSA) is 51.8 Å². The first-order chi connectivity index (χ1) is 25.2. The van der Waals surface area contributed by atoms with Gasteiger partial charge in [0.15, 0.2) is 19.7 Å². The summed E-state index contributed by atoms with van der Waals surface area (Å²) in [6, 6.07) is 63.8. The van der Waals surface area contributed by atoms with Gasteiger partial charge in [-0.25, -0.2) is 4.98 Å². The second kappa shape index (κ2) is 13.0. The van der Waals surface area contributed by atoms with Crippen LogP contribution >= 0.6 is 11.6 Å². The van der Waals surface area contributed by atoms with Crippen molar-refractivity contribution >= 4 is 62.4 Å². The Kier molecular flexibility index (Phi) is 7.84. The van der Waals surface area contributed by atoms with Crippen molar-refractivity contribution in [3.8, 4) is 33.9 Å². The van der Waals surface area contributed by atoms with Gasteiger partial charge in [0.25, 0.3) is 0 Å². The van der Waals surface area contributed by atoms with Crippen LogP contribution in [0.3, 0.4) is 0 Å². The zero-order chi connectivity index (χ0) is 34.2. The number of halogens is 1. The minimum atomic E-state index is -2.76. The van der Waals surface area contributed by atoms with E-state index in [9.17, 15) is 0 Å². The second-order valence-corrected chi connectivity index (χ2v) is 16.7. The van der Waals surface area contributed by atoms with Crippen LogP contribution in [0.4, 0.5) is 0 Å². The van der Waals surface area contributed by atoms with E-state index in [0.717, 1.165) is 44.2 Å². The summed E-state index contributed by atoms with van der Waals surface area (Å²) >= 11 is 6.73. The fourth-order valence-corrected chi connectivity index (χ4v) is 12.3. The van der Waals surface area contributed by atoms with E-state index in [1.165, 1.54) is 20.7 Å². The third-order valence-corrected chi connectivity index (χ3v) is 14.6. The molecule has 0 N–H and O–H groups in total. The SMILES string of the molecule is Clc1nc(-c2cccc([Si](c3ccccc3)(c3ccccc3)c3ccccc3)c2)nc(-c2ccccc2-c2ccc3oc4ccccc4c3c2)n1. The lowest BCUT2D eigenvalue weighted by molar-refractivity contribution is 0.669. The molecule has 6 heteroatoms. The van der Waals surface area contributed by atoms with E-state index in [-0.39, 0.29) is 5.28 Å². The van der Waals surface area contributed by atoms with Crippen molar-refractivity contribution in [1.29, 1.82) is 0 Å². The highest BCUT2D eigenvalue weighted by Crippen LogP contribution is 2.36. The largest absolute Gasteiger partial charge is 0.456 e. The van der Waals surface area contributed by atoms with Gasteiger partial charge in [-0.15, -0.1) is 0 Å². The van der Waals surface area contributed by atoms with Crippen LogP contribution in [-0.4, -0.2) is 23.0 Å². The molecule has 7 aromatic carbocycles. The molecule has 0 aliphatic carbocycles. The standard InChI is InChI=1S/C45H30ClN3OSi/c46-45-48-43(47-44(49-45)39-25-11-10-23-37(39)31-27-28-42-40(30-31)38-24-12-13-26-41(38)50-42)32-15-14-22-36(29-32)51(33-16-4-1-5-17-33,34-18-6-2-7-19-34)35-20-8-3-9-21-35/h1-30H. The van der Waals surface area contributed by atoms with Crippen molar-refractivity contribution in [2.45, 2.75) is 0 Å². The molecule has 0 unspecified atom stereocenters. The minimum absolute atomic E-state index is 0.143. The number of fused-ring (bicyclic) bond motifs is 3. The van der Waals surface area contributed by atoms with Gasteiger partial charge < -0.3 is 4.42 Å². The first kappa shape index (κ1) is 30.9. The fourth-order valence-electron chi connectivity index (χ4n) is 7.38. The predicted molar refractivity (Wildman–Crippen MR) is 212 cm³/mol. The summed E-state index contributed by atoms with van der Waals surface area (Å²) in [6.07, 6.45) is 0. The minimum Gasteiger partial charge on any atom is -0.456 e. The maximum absolute atomic E-state index is 6.73. The van der Waals surface area contributed by atoms with Crippen LogP contribution in [0.1, 0.15) is 0 Å². The molecule has 9 rings (SSSR count). The van der Waals surface area contributed by atoms with E-state index < -0.39 is 8.07 Å². The molecule has 0 bridgehead atoms. The number of rotatable bonds is 7. The number of hydrogen-bond donors (Lipinski definition) is 0. The van der Waals surface area contributed by atoms with Gasteiger partial charge in [-0.2, -0.15) is 9.97 Å². The summed E-state index contributed by atoms with van der Waals surface area (Å²) in [5.41, 5.74) is 5.50. The Hall–Kier alpha value is -6.14. The van der Waals surface area contributed by atoms with E-state index in [4.69, 9.17) is 21.0 Å². The smallest absolute Gasteiger partial charge is 0.226 e. The van der Waals surface area contributed by atoms with Gasteiger partial charge in [0.05, 0.1) is 0 Å². The molecule has 0 aliphatic heterocycles. The van der Waals surface area contributed by atoms with Crippen molar-refractivity contribution in [3.05, 3.63) is 187 Å². The second-order valence-electron chi connectivity index (χ2n) is 12.5. The van der Waals surface area contributed by atoms with Gasteiger partial charge in [0, 0.05) is 21.9 Å². The maximum atomic E-state index is 6.73. The molecule has 0 fully saturated rings. The number of nitrogens with zero attached hydrogens (tertiary/aromatic N) is 3. The lowest BCUT2D eigenvalue weighted by Gasteiger charge is -2.34. The van der Waals surface area contributed by atoms with Gasteiger partial charge in [0.1, 0.15) is 11.2 Å². The van der Waals surface area contributed by atoms with Crippen molar-refractivity contribution in [2.75, 3.05) is 0 Å². The molecule has 0 amide bonds. The third kappa shape index (κ3) is 5.44. The summed E-state index contributed by atoms with van der Waals surface area (Å²) in [4.78, 5) is 14.4. The Morgan fingerprint density at radius 3 is 1.63 bits per heavy atom. The summed E-state index contributed by atoms with van der Waals surface area (Å²) in [7, 11) is -2.76. The molecule has 4 nitrogen and oxygen atoms in total. The third-order valence-electron chi connectivity index (χ3n) is 9.64. The van der Waals surface area contributed by atoms with Gasteiger partial charge in [-0.05, 0) is 61.7 Å². The highest BCUT2D eigenvalue weighted by Gasteiger charge is 2.41. The maximum Gasteiger partial charge on any atom is 0.226 e. The van der Waals surface area contributed by atoms with E-state index in [1.54, 1.807) is 0 Å². The lowest BCUT2D eigenvalue weighted by atomic mass is 9.97. The zero-order valence-electron chi connectivity index (χ0n) is 27.4. The molecule has 51 heavy (non-hydrogen) atoms. The summed E-state index contributed by atoms with van der Waals surface area (Å²) in [6.45, 7) is 0. The molecule has 9 aromatic rings. The molecule has 0 aliphatic rings. The van der Waals surface area contributed by atoms with Gasteiger partial charge in [0.2, 0.25) is 5.28 Å². The Morgan fingerprint density at radius 1 is 0.392 bits per heavy atom. The Labute approximate surface area is 301 Å². The summed E-state index contributed by atoms with van der Waals surface area (Å²) in [5.74, 6) is 1.04. The Balaban J connectivity index is 1.20. The van der Waals surface area contributed by atoms with E-state index in [1.807, 2.05) is 42.5 Å². The molecular weight excluding hydrogens is 662 g/mol. The molecule has 2 aromatic heterocycles. The normalized spacial score (nSPS) is 11.6. The number of furan rings is 1. The quantitative estimate of drug-likeness (QED) is 0.124. The monoisotopic (exact) mass is 691 g/mol. The van der Waals surface area contributed by atoms with Crippen molar-refractivity contribution in [3.63, 3.8) is 0 Å². The molecular formula is C45H30ClN3OSi. The van der Waals surface area contributed by atoms with Crippen LogP contribution in [0.15, 0.2) is 186 Å². The predicted octanol–water partition coefficient (Wildman–Crippen LogP) is 8.80. The number of aromatic nitrogens is 3. The van der Waals surface area contributed by atoms with Gasteiger partial charge in [-0.1, -0.05) is 164 Å². The Bertz CT molecular complexity index is 2570. The van der Waals surface area contributed by atoms with Crippen molar-refractivity contribution in [2.24, 2.45) is 0 Å². The van der Waals surface area contributed by atoms with Crippen molar-refractivity contribution < 1.29 is 4.42 Å².